The fraction of sp³-hybridized carbons (Fsp3) is 0.632. The fourth-order valence-corrected chi connectivity index (χ4v) is 4.36. The van der Waals surface area contributed by atoms with Gasteiger partial charge in [0.2, 0.25) is 0 Å². The molecule has 2 aliphatic rings. The number of carbonyl (C=O) groups is 1. The summed E-state index contributed by atoms with van der Waals surface area (Å²) in [5.41, 5.74) is -0.648. The number of hydrogen-bond donors (Lipinski definition) is 3. The van der Waals surface area contributed by atoms with Crippen molar-refractivity contribution in [2.45, 2.75) is 30.7 Å². The van der Waals surface area contributed by atoms with Gasteiger partial charge < -0.3 is 25.3 Å². The van der Waals surface area contributed by atoms with Gasteiger partial charge >= 0.3 is 12.1 Å². The van der Waals surface area contributed by atoms with E-state index in [1.165, 1.54) is 16.5 Å². The summed E-state index contributed by atoms with van der Waals surface area (Å²) in [6.07, 6.45) is -7.44. The molecule has 1 aromatic heterocycles. The quantitative estimate of drug-likeness (QED) is 0.242. The largest absolute Gasteiger partial charge is 0.493 e. The van der Waals surface area contributed by atoms with Crippen LogP contribution in [0.3, 0.4) is 0 Å². The number of thioether (sulfide) groups is 1. The van der Waals surface area contributed by atoms with Gasteiger partial charge in [-0.3, -0.25) is 14.3 Å². The highest BCUT2D eigenvalue weighted by molar-refractivity contribution is 7.99. The third-order valence-corrected chi connectivity index (χ3v) is 6.30. The molecule has 0 saturated carbocycles. The Kier molecular flexibility index (Phi) is 8.31. The molecule has 0 amide bonds. The maximum atomic E-state index is 13.3. The van der Waals surface area contributed by atoms with Gasteiger partial charge in [-0.2, -0.15) is 13.2 Å². The molecule has 188 valence electrons. The lowest BCUT2D eigenvalue weighted by atomic mass is 10.3. The Bertz CT molecular complexity index is 1020. The lowest BCUT2D eigenvalue weighted by molar-refractivity contribution is -0.203. The van der Waals surface area contributed by atoms with Crippen molar-refractivity contribution in [2.24, 2.45) is 7.05 Å². The van der Waals surface area contributed by atoms with Gasteiger partial charge in [-0.1, -0.05) is 17.7 Å². The van der Waals surface area contributed by atoms with Crippen LogP contribution in [0.5, 0.6) is 0 Å². The second kappa shape index (κ2) is 10.8. The zero-order valence-electron chi connectivity index (χ0n) is 18.5. The van der Waals surface area contributed by atoms with Crippen LogP contribution in [0.1, 0.15) is 6.92 Å². The molecular weight excluding hydrogens is 481 g/mol. The highest BCUT2D eigenvalue weighted by Gasteiger charge is 2.50. The summed E-state index contributed by atoms with van der Waals surface area (Å²) in [6, 6.07) is 0. The van der Waals surface area contributed by atoms with Gasteiger partial charge in [-0.25, -0.2) is 9.78 Å². The highest BCUT2D eigenvalue weighted by atomic mass is 32.2. The topological polar surface area (TPSA) is 123 Å². The van der Waals surface area contributed by atoms with Crippen molar-refractivity contribution in [1.82, 2.24) is 19.8 Å². The molecule has 0 radical (unpaired) electrons. The minimum absolute atomic E-state index is 0.0230. The Morgan fingerprint density at radius 1 is 1.38 bits per heavy atom. The van der Waals surface area contributed by atoms with E-state index in [1.54, 1.807) is 11.8 Å². The predicted octanol–water partition coefficient (Wildman–Crippen LogP) is -0.915. The highest BCUT2D eigenvalue weighted by Crippen LogP contribution is 2.39. The van der Waals surface area contributed by atoms with Gasteiger partial charge in [0, 0.05) is 39.0 Å². The standard InChI is InChI=1S/C19H25F3N6O5S/c1-3-4-7-27-13-14(24-17(25(2)15(13)31)34-11-12(30)10-29)28(33-16(32)19(20,21)22)18(27)26-8-5-23-6-9-26/h12,18,23,29-30H,5-11H2,1-2H3. The molecule has 3 N–H and O–H groups in total. The molecule has 0 spiro atoms. The molecule has 34 heavy (non-hydrogen) atoms. The average molecular weight is 507 g/mol. The number of nitrogens with zero attached hydrogens (tertiary/aromatic N) is 5. The van der Waals surface area contributed by atoms with E-state index < -0.39 is 36.7 Å². The number of rotatable bonds is 7. The molecule has 1 fully saturated rings. The smallest absolute Gasteiger partial charge is 0.394 e. The Balaban J connectivity index is 2.13. The van der Waals surface area contributed by atoms with E-state index >= 15 is 0 Å². The molecular formula is C19H25F3N6O5S. The van der Waals surface area contributed by atoms with Crippen molar-refractivity contribution in [3.05, 3.63) is 10.4 Å². The Morgan fingerprint density at radius 3 is 2.65 bits per heavy atom. The average Bonchev–Trinajstić information content (AvgIpc) is 3.11. The number of halogens is 3. The maximum absolute atomic E-state index is 13.3. The molecule has 1 saturated heterocycles. The van der Waals surface area contributed by atoms with E-state index in [9.17, 15) is 27.9 Å². The summed E-state index contributed by atoms with van der Waals surface area (Å²) < 4.78 is 40.5. The summed E-state index contributed by atoms with van der Waals surface area (Å²) in [7, 11) is 1.43. The minimum Gasteiger partial charge on any atom is -0.394 e. The van der Waals surface area contributed by atoms with Crippen molar-refractivity contribution in [3.8, 4) is 11.8 Å². The summed E-state index contributed by atoms with van der Waals surface area (Å²) in [4.78, 5) is 37.5. The van der Waals surface area contributed by atoms with Crippen LogP contribution >= 0.6 is 11.8 Å². The molecule has 3 heterocycles. The molecule has 1 aromatic rings. The van der Waals surface area contributed by atoms with Gasteiger partial charge in [-0.15, -0.1) is 11.0 Å². The van der Waals surface area contributed by atoms with Crippen LogP contribution in [0.25, 0.3) is 0 Å². The maximum Gasteiger partial charge on any atom is 0.493 e. The van der Waals surface area contributed by atoms with Crippen LogP contribution in [-0.2, 0) is 16.7 Å². The second-order valence-corrected chi connectivity index (χ2v) is 8.45. The summed E-state index contributed by atoms with van der Waals surface area (Å²) >= 11 is 0.925. The predicted molar refractivity (Wildman–Crippen MR) is 117 cm³/mol. The number of hydroxylamine groups is 1. The Labute approximate surface area is 197 Å². The van der Waals surface area contributed by atoms with E-state index in [4.69, 9.17) is 9.94 Å². The number of aliphatic hydroxyl groups excluding tert-OH is 2. The number of piperazine rings is 1. The fourth-order valence-electron chi connectivity index (χ4n) is 3.48. The summed E-state index contributed by atoms with van der Waals surface area (Å²) in [5.74, 6) is 2.78. The van der Waals surface area contributed by atoms with E-state index in [-0.39, 0.29) is 29.0 Å². The number of alkyl halides is 3. The van der Waals surface area contributed by atoms with Crippen LogP contribution in [-0.4, -0.2) is 94.3 Å². The van der Waals surface area contributed by atoms with E-state index in [0.29, 0.717) is 31.2 Å². The van der Waals surface area contributed by atoms with Crippen LogP contribution in [0.4, 0.5) is 24.7 Å². The molecule has 3 rings (SSSR count). The van der Waals surface area contributed by atoms with Crippen molar-refractivity contribution in [3.63, 3.8) is 0 Å². The van der Waals surface area contributed by atoms with Crippen LogP contribution in [0.2, 0.25) is 0 Å². The normalized spacial score (nSPS) is 19.4. The first-order valence-corrected chi connectivity index (χ1v) is 11.3. The SMILES string of the molecule is CC#CCN1c2c(nc(SCC(O)CO)n(C)c2=O)N(OC(=O)C(F)(F)F)C1N1CCNCC1. The molecule has 15 heteroatoms. The van der Waals surface area contributed by atoms with Gasteiger partial charge in [0.25, 0.3) is 5.56 Å². The van der Waals surface area contributed by atoms with E-state index in [2.05, 4.69) is 22.1 Å². The molecule has 11 nitrogen and oxygen atoms in total. The number of hydrogen-bond acceptors (Lipinski definition) is 11. The number of fused-ring (bicyclic) bond motifs is 1. The molecule has 2 aliphatic heterocycles. The minimum atomic E-state index is -5.27. The zero-order chi connectivity index (χ0) is 25.0. The Hall–Kier alpha value is -2.51. The number of aromatic nitrogens is 2. The molecule has 0 aliphatic carbocycles. The van der Waals surface area contributed by atoms with E-state index in [0.717, 1.165) is 11.8 Å². The molecule has 0 aromatic carbocycles. The second-order valence-electron chi connectivity index (χ2n) is 7.47. The number of carbonyl (C=O) groups excluding carboxylic acids is 1. The first-order valence-electron chi connectivity index (χ1n) is 10.3. The Morgan fingerprint density at radius 2 is 2.06 bits per heavy atom. The number of nitrogens with one attached hydrogen (secondary N) is 1. The van der Waals surface area contributed by atoms with Gasteiger partial charge in [0.05, 0.1) is 19.3 Å². The van der Waals surface area contributed by atoms with Crippen LogP contribution in [0, 0.1) is 11.8 Å². The molecule has 0 bridgehead atoms. The lowest BCUT2D eigenvalue weighted by Crippen LogP contribution is -2.61. The van der Waals surface area contributed by atoms with Crippen molar-refractivity contribution in [2.75, 3.05) is 55.0 Å². The van der Waals surface area contributed by atoms with Crippen molar-refractivity contribution in [1.29, 1.82) is 0 Å². The summed E-state index contributed by atoms with van der Waals surface area (Å²) in [5, 5.41) is 22.6. The zero-order valence-corrected chi connectivity index (χ0v) is 19.3. The van der Waals surface area contributed by atoms with Crippen molar-refractivity contribution >= 4 is 29.2 Å². The lowest BCUT2D eigenvalue weighted by Gasteiger charge is -2.40. The van der Waals surface area contributed by atoms with Gasteiger partial charge in [0.15, 0.2) is 23.0 Å². The number of anilines is 2. The van der Waals surface area contributed by atoms with Crippen molar-refractivity contribution < 1.29 is 33.0 Å². The molecule has 2 atom stereocenters. The third kappa shape index (κ3) is 5.41. The van der Waals surface area contributed by atoms with Gasteiger partial charge in [0.1, 0.15) is 0 Å². The van der Waals surface area contributed by atoms with Crippen LogP contribution < -0.4 is 20.8 Å². The van der Waals surface area contributed by atoms with Crippen LogP contribution in [0.15, 0.2) is 9.95 Å². The first-order chi connectivity index (χ1) is 16.1. The number of aliphatic hydroxyl groups is 2. The summed E-state index contributed by atoms with van der Waals surface area (Å²) in [6.45, 7) is 2.92. The third-order valence-electron chi connectivity index (χ3n) is 5.12. The molecule has 2 unspecified atom stereocenters. The monoisotopic (exact) mass is 506 g/mol. The first kappa shape index (κ1) is 26.1. The van der Waals surface area contributed by atoms with E-state index in [1.807, 2.05) is 0 Å². The van der Waals surface area contributed by atoms with Gasteiger partial charge in [-0.05, 0) is 6.92 Å².